The molecule has 0 bridgehead atoms. The van der Waals surface area contributed by atoms with Crippen LogP contribution in [0.2, 0.25) is 0 Å². The maximum absolute atomic E-state index is 11.3. The highest BCUT2D eigenvalue weighted by Crippen LogP contribution is 2.18. The van der Waals surface area contributed by atoms with Crippen LogP contribution in [0.4, 0.5) is 0 Å². The summed E-state index contributed by atoms with van der Waals surface area (Å²) in [6.07, 6.45) is 4.28. The van der Waals surface area contributed by atoms with Gasteiger partial charge in [-0.25, -0.2) is 8.42 Å². The van der Waals surface area contributed by atoms with Crippen molar-refractivity contribution in [2.75, 3.05) is 19.3 Å². The molecule has 0 spiro atoms. The van der Waals surface area contributed by atoms with Gasteiger partial charge >= 0.3 is 0 Å². The summed E-state index contributed by atoms with van der Waals surface area (Å²) < 4.78 is 24.1. The Morgan fingerprint density at radius 2 is 2.08 bits per heavy atom. The molecule has 3 nitrogen and oxygen atoms in total. The summed E-state index contributed by atoms with van der Waals surface area (Å²) in [5, 5.41) is 0. The van der Waals surface area contributed by atoms with Gasteiger partial charge in [0.1, 0.15) is 0 Å². The van der Waals surface area contributed by atoms with Crippen LogP contribution in [0.5, 0.6) is 0 Å². The zero-order valence-electron chi connectivity index (χ0n) is 8.45. The molecule has 0 fully saturated rings. The van der Waals surface area contributed by atoms with Gasteiger partial charge in [-0.15, -0.1) is 0 Å². The topological polar surface area (TPSA) is 37.4 Å². The second-order valence-corrected chi connectivity index (χ2v) is 5.80. The molecule has 1 aliphatic rings. The van der Waals surface area contributed by atoms with Gasteiger partial charge in [0.05, 0.1) is 6.26 Å². The molecule has 0 aliphatic carbocycles. The molecule has 0 aromatic carbocycles. The van der Waals surface area contributed by atoms with E-state index in [4.69, 9.17) is 0 Å². The minimum Gasteiger partial charge on any atom is -0.212 e. The predicted molar refractivity (Wildman–Crippen MR) is 54.0 cm³/mol. The first-order valence-electron chi connectivity index (χ1n) is 4.55. The van der Waals surface area contributed by atoms with Crippen molar-refractivity contribution in [3.63, 3.8) is 0 Å². The standard InChI is InChI=1S/C9H17NO2S/c1-8(2)9-5-4-6-10(7-9)13(3,11)12/h5,8H,4,6-7H2,1-3H3. The number of rotatable bonds is 2. The van der Waals surface area contributed by atoms with Gasteiger partial charge in [0.2, 0.25) is 10.0 Å². The molecule has 0 atom stereocenters. The summed E-state index contributed by atoms with van der Waals surface area (Å²) in [7, 11) is -3.00. The SMILES string of the molecule is CC(C)C1=CCCN(S(C)(=O)=O)C1. The smallest absolute Gasteiger partial charge is 0.211 e. The number of sulfonamides is 1. The third-order valence-corrected chi connectivity index (χ3v) is 3.60. The third-order valence-electron chi connectivity index (χ3n) is 2.35. The largest absolute Gasteiger partial charge is 0.212 e. The Balaban J connectivity index is 2.74. The molecule has 0 saturated carbocycles. The summed E-state index contributed by atoms with van der Waals surface area (Å²) in [5.74, 6) is 0.449. The molecule has 1 rings (SSSR count). The van der Waals surface area contributed by atoms with Crippen molar-refractivity contribution >= 4 is 10.0 Å². The van der Waals surface area contributed by atoms with Gasteiger partial charge in [0.25, 0.3) is 0 Å². The first kappa shape index (κ1) is 10.7. The molecular weight excluding hydrogens is 186 g/mol. The van der Waals surface area contributed by atoms with Crippen molar-refractivity contribution in [2.45, 2.75) is 20.3 Å². The zero-order valence-corrected chi connectivity index (χ0v) is 9.26. The minimum atomic E-state index is -3.00. The maximum Gasteiger partial charge on any atom is 0.211 e. The number of hydrogen-bond donors (Lipinski definition) is 0. The van der Waals surface area contributed by atoms with Crippen LogP contribution in [0.25, 0.3) is 0 Å². The lowest BCUT2D eigenvalue weighted by Crippen LogP contribution is -2.35. The first-order chi connectivity index (χ1) is 5.91. The van der Waals surface area contributed by atoms with Crippen molar-refractivity contribution in [1.82, 2.24) is 4.31 Å². The highest BCUT2D eigenvalue weighted by atomic mass is 32.2. The number of hydrogen-bond acceptors (Lipinski definition) is 2. The van der Waals surface area contributed by atoms with Crippen LogP contribution >= 0.6 is 0 Å². The van der Waals surface area contributed by atoms with Crippen LogP contribution in [-0.2, 0) is 10.0 Å². The van der Waals surface area contributed by atoms with E-state index >= 15 is 0 Å². The lowest BCUT2D eigenvalue weighted by atomic mass is 10.00. The molecule has 1 heterocycles. The Hall–Kier alpha value is -0.350. The van der Waals surface area contributed by atoms with Gasteiger partial charge < -0.3 is 0 Å². The van der Waals surface area contributed by atoms with Gasteiger partial charge in [-0.2, -0.15) is 4.31 Å². The van der Waals surface area contributed by atoms with Crippen LogP contribution in [0.15, 0.2) is 11.6 Å². The van der Waals surface area contributed by atoms with E-state index < -0.39 is 10.0 Å². The van der Waals surface area contributed by atoms with Gasteiger partial charge in [0, 0.05) is 13.1 Å². The average Bonchev–Trinajstić information content (AvgIpc) is 2.03. The van der Waals surface area contributed by atoms with E-state index in [1.54, 1.807) is 4.31 Å². The van der Waals surface area contributed by atoms with Crippen molar-refractivity contribution in [1.29, 1.82) is 0 Å². The summed E-state index contributed by atoms with van der Waals surface area (Å²) >= 11 is 0. The van der Waals surface area contributed by atoms with E-state index in [9.17, 15) is 8.42 Å². The van der Waals surface area contributed by atoms with E-state index in [-0.39, 0.29) is 0 Å². The normalized spacial score (nSPS) is 20.5. The maximum atomic E-state index is 11.3. The summed E-state index contributed by atoms with van der Waals surface area (Å²) in [6.45, 7) is 5.40. The zero-order chi connectivity index (χ0) is 10.1. The second-order valence-electron chi connectivity index (χ2n) is 3.82. The summed E-state index contributed by atoms with van der Waals surface area (Å²) in [6, 6.07) is 0. The van der Waals surface area contributed by atoms with Crippen molar-refractivity contribution in [2.24, 2.45) is 5.92 Å². The van der Waals surface area contributed by atoms with E-state index in [2.05, 4.69) is 19.9 Å². The quantitative estimate of drug-likeness (QED) is 0.633. The Kier molecular flexibility index (Phi) is 3.14. The van der Waals surface area contributed by atoms with E-state index in [0.29, 0.717) is 19.0 Å². The monoisotopic (exact) mass is 203 g/mol. The Morgan fingerprint density at radius 1 is 1.46 bits per heavy atom. The Morgan fingerprint density at radius 3 is 2.54 bits per heavy atom. The third kappa shape index (κ3) is 2.81. The molecule has 0 amide bonds. The molecule has 0 aromatic heterocycles. The lowest BCUT2D eigenvalue weighted by molar-refractivity contribution is 0.417. The molecule has 76 valence electrons. The fourth-order valence-electron chi connectivity index (χ4n) is 1.44. The summed E-state index contributed by atoms with van der Waals surface area (Å²) in [4.78, 5) is 0. The molecule has 0 unspecified atom stereocenters. The summed E-state index contributed by atoms with van der Waals surface area (Å²) in [5.41, 5.74) is 1.23. The van der Waals surface area contributed by atoms with E-state index in [1.807, 2.05) is 0 Å². The Bertz CT molecular complexity index is 304. The highest BCUT2D eigenvalue weighted by molar-refractivity contribution is 7.88. The van der Waals surface area contributed by atoms with Crippen LogP contribution in [0.1, 0.15) is 20.3 Å². The fraction of sp³-hybridized carbons (Fsp3) is 0.778. The van der Waals surface area contributed by atoms with Crippen molar-refractivity contribution in [3.05, 3.63) is 11.6 Å². The van der Waals surface area contributed by atoms with Gasteiger partial charge in [-0.3, -0.25) is 0 Å². The average molecular weight is 203 g/mol. The second kappa shape index (κ2) is 3.80. The first-order valence-corrected chi connectivity index (χ1v) is 6.40. The Labute approximate surface area is 80.5 Å². The molecular formula is C9H17NO2S. The molecule has 0 saturated heterocycles. The molecule has 1 aliphatic heterocycles. The van der Waals surface area contributed by atoms with Crippen molar-refractivity contribution < 1.29 is 8.42 Å². The van der Waals surface area contributed by atoms with Gasteiger partial charge in [-0.1, -0.05) is 25.5 Å². The van der Waals surface area contributed by atoms with E-state index in [0.717, 1.165) is 6.42 Å². The fourth-order valence-corrected chi connectivity index (χ4v) is 2.26. The molecule has 4 heteroatoms. The molecule has 0 N–H and O–H groups in total. The number of nitrogens with zero attached hydrogens (tertiary/aromatic N) is 1. The van der Waals surface area contributed by atoms with Crippen LogP contribution < -0.4 is 0 Å². The van der Waals surface area contributed by atoms with Crippen LogP contribution in [0.3, 0.4) is 0 Å². The van der Waals surface area contributed by atoms with Crippen LogP contribution in [0, 0.1) is 5.92 Å². The van der Waals surface area contributed by atoms with Gasteiger partial charge in [0.15, 0.2) is 0 Å². The minimum absolute atomic E-state index is 0.449. The molecule has 0 radical (unpaired) electrons. The lowest BCUT2D eigenvalue weighted by Gasteiger charge is -2.26. The van der Waals surface area contributed by atoms with Crippen molar-refractivity contribution in [3.8, 4) is 0 Å². The highest BCUT2D eigenvalue weighted by Gasteiger charge is 2.21. The molecule has 0 aromatic rings. The predicted octanol–water partition coefficient (Wildman–Crippen LogP) is 1.23. The van der Waals surface area contributed by atoms with E-state index in [1.165, 1.54) is 11.8 Å². The molecule has 13 heavy (non-hydrogen) atoms. The van der Waals surface area contributed by atoms with Gasteiger partial charge in [-0.05, 0) is 12.3 Å². The van der Waals surface area contributed by atoms with Crippen LogP contribution in [-0.4, -0.2) is 32.1 Å².